The molecule has 0 aliphatic heterocycles. The van der Waals surface area contributed by atoms with Crippen molar-refractivity contribution in [3.63, 3.8) is 0 Å². The highest BCUT2D eigenvalue weighted by atomic mass is 127. The number of hydrogen-bond donors (Lipinski definition) is 2. The zero-order chi connectivity index (χ0) is 18.5. The number of aliphatic imine (C=N–C) groups is 1. The Labute approximate surface area is 183 Å². The highest BCUT2D eigenvalue weighted by Crippen LogP contribution is 2.15. The standard InChI is InChI=1S/C17H22BrN7O.HI/c1-19-17(25(3)11-13-9-12(18)10-24(13)2)20-7-6-15-21-16(23-22-15)14-5-4-8-26-14;/h4-5,8-10H,6-7,11H2,1-3H3,(H,19,20)(H,21,22,23);1H. The van der Waals surface area contributed by atoms with E-state index in [-0.39, 0.29) is 24.0 Å². The van der Waals surface area contributed by atoms with Crippen LogP contribution in [-0.4, -0.2) is 51.2 Å². The molecule has 0 bridgehead atoms. The molecule has 0 radical (unpaired) electrons. The van der Waals surface area contributed by atoms with Gasteiger partial charge in [-0.2, -0.15) is 5.10 Å². The van der Waals surface area contributed by atoms with Crippen LogP contribution >= 0.6 is 39.9 Å². The molecule has 3 rings (SSSR count). The van der Waals surface area contributed by atoms with Crippen LogP contribution in [0.1, 0.15) is 11.5 Å². The molecule has 0 aliphatic carbocycles. The quantitative estimate of drug-likeness (QED) is 0.281. The summed E-state index contributed by atoms with van der Waals surface area (Å²) in [6, 6.07) is 5.76. The Kier molecular flexibility index (Phi) is 7.90. The number of aromatic nitrogens is 4. The van der Waals surface area contributed by atoms with Gasteiger partial charge in [0, 0.05) is 50.5 Å². The highest BCUT2D eigenvalue weighted by molar-refractivity contribution is 14.0. The van der Waals surface area contributed by atoms with Crippen LogP contribution in [0, 0.1) is 0 Å². The smallest absolute Gasteiger partial charge is 0.216 e. The molecule has 0 saturated carbocycles. The van der Waals surface area contributed by atoms with E-state index in [1.165, 1.54) is 5.69 Å². The number of furan rings is 1. The third-order valence-corrected chi connectivity index (χ3v) is 4.40. The maximum atomic E-state index is 5.30. The van der Waals surface area contributed by atoms with Gasteiger partial charge in [0.25, 0.3) is 0 Å². The van der Waals surface area contributed by atoms with Gasteiger partial charge in [0.1, 0.15) is 5.82 Å². The van der Waals surface area contributed by atoms with Crippen molar-refractivity contribution in [1.82, 2.24) is 30.0 Å². The molecule has 0 saturated heterocycles. The van der Waals surface area contributed by atoms with Gasteiger partial charge >= 0.3 is 0 Å². The minimum Gasteiger partial charge on any atom is -0.461 e. The normalized spacial score (nSPS) is 11.3. The molecule has 146 valence electrons. The van der Waals surface area contributed by atoms with E-state index in [0.717, 1.165) is 22.8 Å². The molecule has 0 aliphatic rings. The first kappa shape index (κ1) is 21.5. The molecule has 0 spiro atoms. The van der Waals surface area contributed by atoms with Gasteiger partial charge in [0.2, 0.25) is 5.82 Å². The fourth-order valence-corrected chi connectivity index (χ4v) is 3.21. The topological polar surface area (TPSA) is 87.3 Å². The number of nitrogens with zero attached hydrogens (tertiary/aromatic N) is 5. The largest absolute Gasteiger partial charge is 0.461 e. The Morgan fingerprint density at radius 1 is 1.48 bits per heavy atom. The number of H-pyrrole nitrogens is 1. The summed E-state index contributed by atoms with van der Waals surface area (Å²) in [4.78, 5) is 10.9. The van der Waals surface area contributed by atoms with E-state index in [2.05, 4.69) is 57.0 Å². The van der Waals surface area contributed by atoms with E-state index in [1.54, 1.807) is 13.3 Å². The highest BCUT2D eigenvalue weighted by Gasteiger charge is 2.11. The SMILES string of the molecule is CN=C(NCCc1nc(-c2ccco2)n[nH]1)N(C)Cc1cc(Br)cn1C.I. The maximum absolute atomic E-state index is 5.30. The molecule has 0 fully saturated rings. The lowest BCUT2D eigenvalue weighted by Crippen LogP contribution is -2.39. The van der Waals surface area contributed by atoms with E-state index in [1.807, 2.05) is 32.4 Å². The second-order valence-electron chi connectivity index (χ2n) is 5.92. The van der Waals surface area contributed by atoms with Crippen LogP contribution in [0.15, 0.2) is 44.5 Å². The average Bonchev–Trinajstić information content (AvgIpc) is 3.33. The molecular formula is C17H23BrIN7O. The van der Waals surface area contributed by atoms with Crippen LogP contribution in [0.4, 0.5) is 0 Å². The minimum absolute atomic E-state index is 0. The van der Waals surface area contributed by atoms with Crippen molar-refractivity contribution in [2.24, 2.45) is 12.0 Å². The predicted octanol–water partition coefficient (Wildman–Crippen LogP) is 3.03. The molecule has 27 heavy (non-hydrogen) atoms. The molecule has 0 aromatic carbocycles. The molecule has 2 N–H and O–H groups in total. The zero-order valence-electron chi connectivity index (χ0n) is 15.4. The molecular weight excluding hydrogens is 525 g/mol. The third kappa shape index (κ3) is 5.58. The lowest BCUT2D eigenvalue weighted by molar-refractivity contribution is 0.462. The summed E-state index contributed by atoms with van der Waals surface area (Å²) in [7, 11) is 5.83. The number of aromatic amines is 1. The van der Waals surface area contributed by atoms with Gasteiger partial charge in [-0.25, -0.2) is 4.98 Å². The van der Waals surface area contributed by atoms with E-state index in [4.69, 9.17) is 4.42 Å². The van der Waals surface area contributed by atoms with Crippen molar-refractivity contribution in [2.45, 2.75) is 13.0 Å². The van der Waals surface area contributed by atoms with Crippen LogP contribution < -0.4 is 5.32 Å². The first-order valence-electron chi connectivity index (χ1n) is 8.24. The Balaban J connectivity index is 0.00000261. The summed E-state index contributed by atoms with van der Waals surface area (Å²) in [5, 5.41) is 10.5. The van der Waals surface area contributed by atoms with Gasteiger partial charge in [0.05, 0.1) is 12.8 Å². The number of halogens is 2. The molecule has 0 amide bonds. The molecule has 0 unspecified atom stereocenters. The Morgan fingerprint density at radius 3 is 2.93 bits per heavy atom. The molecule has 3 aromatic heterocycles. The monoisotopic (exact) mass is 547 g/mol. The molecule has 3 heterocycles. The van der Waals surface area contributed by atoms with E-state index < -0.39 is 0 Å². The summed E-state index contributed by atoms with van der Waals surface area (Å²) in [6.45, 7) is 1.45. The lowest BCUT2D eigenvalue weighted by Gasteiger charge is -2.22. The third-order valence-electron chi connectivity index (χ3n) is 3.97. The van der Waals surface area contributed by atoms with Gasteiger partial charge in [-0.05, 0) is 34.1 Å². The van der Waals surface area contributed by atoms with Crippen molar-refractivity contribution in [2.75, 3.05) is 20.6 Å². The number of guanidine groups is 1. The first-order valence-corrected chi connectivity index (χ1v) is 9.04. The Bertz CT molecular complexity index is 872. The summed E-state index contributed by atoms with van der Waals surface area (Å²) in [5.41, 5.74) is 1.20. The van der Waals surface area contributed by atoms with Crippen LogP contribution in [0.25, 0.3) is 11.6 Å². The first-order chi connectivity index (χ1) is 12.6. The molecule has 8 nitrogen and oxygen atoms in total. The second-order valence-corrected chi connectivity index (χ2v) is 6.84. The van der Waals surface area contributed by atoms with Gasteiger partial charge in [-0.15, -0.1) is 24.0 Å². The number of aryl methyl sites for hydroxylation is 1. The van der Waals surface area contributed by atoms with Crippen LogP contribution in [0.2, 0.25) is 0 Å². The summed E-state index contributed by atoms with van der Waals surface area (Å²) in [6.07, 6.45) is 4.36. The average molecular weight is 548 g/mol. The van der Waals surface area contributed by atoms with Gasteiger partial charge in [0.15, 0.2) is 11.7 Å². The maximum Gasteiger partial charge on any atom is 0.216 e. The molecule has 10 heteroatoms. The minimum atomic E-state index is 0. The van der Waals surface area contributed by atoms with Crippen molar-refractivity contribution in [3.05, 3.63) is 46.7 Å². The van der Waals surface area contributed by atoms with Gasteiger partial charge < -0.3 is 19.2 Å². The van der Waals surface area contributed by atoms with Crippen LogP contribution in [0.5, 0.6) is 0 Å². The van der Waals surface area contributed by atoms with Gasteiger partial charge in [-0.1, -0.05) is 0 Å². The van der Waals surface area contributed by atoms with E-state index in [0.29, 0.717) is 24.6 Å². The van der Waals surface area contributed by atoms with E-state index in [9.17, 15) is 0 Å². The Morgan fingerprint density at radius 2 is 2.30 bits per heavy atom. The molecule has 0 atom stereocenters. The Hall–Kier alpha value is -1.82. The lowest BCUT2D eigenvalue weighted by atomic mass is 10.4. The van der Waals surface area contributed by atoms with Crippen LogP contribution in [-0.2, 0) is 20.0 Å². The number of nitrogens with one attached hydrogen (secondary N) is 2. The molecule has 3 aromatic rings. The fourth-order valence-electron chi connectivity index (χ4n) is 2.64. The van der Waals surface area contributed by atoms with E-state index >= 15 is 0 Å². The van der Waals surface area contributed by atoms with Gasteiger partial charge in [-0.3, -0.25) is 10.1 Å². The van der Waals surface area contributed by atoms with Crippen molar-refractivity contribution < 1.29 is 4.42 Å². The van der Waals surface area contributed by atoms with Crippen molar-refractivity contribution in [1.29, 1.82) is 0 Å². The van der Waals surface area contributed by atoms with Crippen molar-refractivity contribution in [3.8, 4) is 11.6 Å². The number of rotatable bonds is 6. The number of hydrogen-bond acceptors (Lipinski definition) is 4. The van der Waals surface area contributed by atoms with Crippen molar-refractivity contribution >= 4 is 45.9 Å². The second kappa shape index (κ2) is 9.93. The summed E-state index contributed by atoms with van der Waals surface area (Å²) >= 11 is 3.50. The summed E-state index contributed by atoms with van der Waals surface area (Å²) < 4.78 is 8.47. The predicted molar refractivity (Wildman–Crippen MR) is 119 cm³/mol. The zero-order valence-corrected chi connectivity index (χ0v) is 19.4. The summed E-state index contributed by atoms with van der Waals surface area (Å²) in [5.74, 6) is 2.85. The van der Waals surface area contributed by atoms with Crippen LogP contribution in [0.3, 0.4) is 0 Å². The fraction of sp³-hybridized carbons (Fsp3) is 0.353.